The molecule has 1 fully saturated rings. The van der Waals surface area contributed by atoms with Gasteiger partial charge in [-0.25, -0.2) is 0 Å². The molecular formula is C20H18ClF3N2O5. The first-order valence-corrected chi connectivity index (χ1v) is 9.74. The molecule has 1 aliphatic heterocycles. The summed E-state index contributed by atoms with van der Waals surface area (Å²) in [7, 11) is 0. The number of hydrogen-bond donors (Lipinski definition) is 1. The van der Waals surface area contributed by atoms with Crippen LogP contribution in [0.25, 0.3) is 0 Å². The van der Waals surface area contributed by atoms with Gasteiger partial charge in [0.2, 0.25) is 11.8 Å². The molecule has 0 spiro atoms. The average Bonchev–Trinajstić information content (AvgIpc) is 2.93. The van der Waals surface area contributed by atoms with Crippen molar-refractivity contribution in [1.82, 2.24) is 4.90 Å². The molecule has 1 aromatic rings. The van der Waals surface area contributed by atoms with E-state index >= 15 is 0 Å². The van der Waals surface area contributed by atoms with E-state index in [0.717, 1.165) is 11.0 Å². The number of rotatable bonds is 5. The summed E-state index contributed by atoms with van der Waals surface area (Å²) >= 11 is 5.53. The zero-order valence-corrected chi connectivity index (χ0v) is 17.0. The van der Waals surface area contributed by atoms with Gasteiger partial charge in [0.25, 0.3) is 5.91 Å². The Morgan fingerprint density at radius 1 is 1.19 bits per heavy atom. The van der Waals surface area contributed by atoms with Crippen LogP contribution in [0.2, 0.25) is 5.02 Å². The number of benzene rings is 1. The van der Waals surface area contributed by atoms with E-state index in [-0.39, 0.29) is 5.69 Å². The summed E-state index contributed by atoms with van der Waals surface area (Å²) in [4.78, 5) is 49.9. The van der Waals surface area contributed by atoms with Gasteiger partial charge in [0, 0.05) is 5.69 Å². The van der Waals surface area contributed by atoms with Crippen LogP contribution in [0.3, 0.4) is 0 Å². The summed E-state index contributed by atoms with van der Waals surface area (Å²) in [6, 6.07) is 2.81. The lowest BCUT2D eigenvalue weighted by Crippen LogP contribution is -2.39. The Kier molecular flexibility index (Phi) is 6.40. The number of likely N-dealkylation sites (tertiary alicyclic amines) is 1. The van der Waals surface area contributed by atoms with Gasteiger partial charge in [-0.15, -0.1) is 0 Å². The third-order valence-electron chi connectivity index (χ3n) is 5.10. The van der Waals surface area contributed by atoms with Crippen LogP contribution in [0.5, 0.6) is 0 Å². The zero-order valence-electron chi connectivity index (χ0n) is 16.2. The largest absolute Gasteiger partial charge is 0.451 e. The Bertz CT molecular complexity index is 937. The Morgan fingerprint density at radius 3 is 2.32 bits per heavy atom. The van der Waals surface area contributed by atoms with Gasteiger partial charge in [-0.3, -0.25) is 24.1 Å². The lowest BCUT2D eigenvalue weighted by atomic mass is 9.85. The quantitative estimate of drug-likeness (QED) is 0.415. The summed E-state index contributed by atoms with van der Waals surface area (Å²) in [6.45, 7) is 0.576. The number of allylic oxidation sites excluding steroid dienone is 2. The molecule has 166 valence electrons. The van der Waals surface area contributed by atoms with Crippen LogP contribution in [0.1, 0.15) is 25.3 Å². The van der Waals surface area contributed by atoms with Gasteiger partial charge >= 0.3 is 12.1 Å². The molecule has 3 rings (SSSR count). The summed E-state index contributed by atoms with van der Waals surface area (Å²) in [6.07, 6.45) is -1.64. The number of amides is 3. The van der Waals surface area contributed by atoms with Crippen molar-refractivity contribution in [3.05, 3.63) is 40.9 Å². The van der Waals surface area contributed by atoms with Crippen molar-refractivity contribution in [2.24, 2.45) is 11.8 Å². The first kappa shape index (κ1) is 22.8. The van der Waals surface area contributed by atoms with Crippen molar-refractivity contribution in [2.75, 3.05) is 11.9 Å². The molecule has 1 heterocycles. The van der Waals surface area contributed by atoms with Crippen LogP contribution in [0.15, 0.2) is 30.4 Å². The van der Waals surface area contributed by atoms with Gasteiger partial charge < -0.3 is 10.1 Å². The number of nitrogens with one attached hydrogen (secondary N) is 1. The van der Waals surface area contributed by atoms with Crippen molar-refractivity contribution in [1.29, 1.82) is 0 Å². The first-order chi connectivity index (χ1) is 14.5. The van der Waals surface area contributed by atoms with Crippen LogP contribution in [0, 0.1) is 11.8 Å². The Hall–Kier alpha value is -2.88. The molecule has 31 heavy (non-hydrogen) atoms. The third-order valence-corrected chi connectivity index (χ3v) is 5.43. The summed E-state index contributed by atoms with van der Waals surface area (Å²) in [5, 5.41) is 1.68. The van der Waals surface area contributed by atoms with E-state index < -0.39 is 64.9 Å². The number of alkyl halides is 3. The highest BCUT2D eigenvalue weighted by atomic mass is 35.5. The molecule has 3 atom stereocenters. The SMILES string of the molecule is C[C@@H](OC(=O)CN1C(=O)[C@H]2CC=CC[C@H]2C1=O)C(=O)Nc1ccc(Cl)c(C(F)(F)F)c1. The van der Waals surface area contributed by atoms with Gasteiger partial charge in [0.15, 0.2) is 6.10 Å². The second-order valence-electron chi connectivity index (χ2n) is 7.23. The number of hydrogen-bond acceptors (Lipinski definition) is 5. The predicted molar refractivity (Wildman–Crippen MR) is 103 cm³/mol. The molecule has 0 aromatic heterocycles. The number of carbonyl (C=O) groups excluding carboxylic acids is 4. The summed E-state index contributed by atoms with van der Waals surface area (Å²) in [5.41, 5.74) is -1.32. The Morgan fingerprint density at radius 2 is 1.77 bits per heavy atom. The number of fused-ring (bicyclic) bond motifs is 1. The molecule has 2 aliphatic rings. The van der Waals surface area contributed by atoms with Gasteiger partial charge in [-0.1, -0.05) is 23.8 Å². The molecule has 1 saturated heterocycles. The number of ether oxygens (including phenoxy) is 1. The van der Waals surface area contributed by atoms with E-state index in [1.54, 1.807) is 0 Å². The van der Waals surface area contributed by atoms with E-state index in [2.05, 4.69) is 5.32 Å². The van der Waals surface area contributed by atoms with Crippen molar-refractivity contribution in [2.45, 2.75) is 32.0 Å². The smallest absolute Gasteiger partial charge is 0.417 e. The second-order valence-corrected chi connectivity index (χ2v) is 7.64. The van der Waals surface area contributed by atoms with Gasteiger partial charge in [-0.2, -0.15) is 13.2 Å². The Labute approximate surface area is 180 Å². The third kappa shape index (κ3) is 4.90. The lowest BCUT2D eigenvalue weighted by molar-refractivity contribution is -0.158. The zero-order chi connectivity index (χ0) is 22.9. The monoisotopic (exact) mass is 458 g/mol. The van der Waals surface area contributed by atoms with Crippen LogP contribution >= 0.6 is 11.6 Å². The van der Waals surface area contributed by atoms with Crippen molar-refractivity contribution in [3.63, 3.8) is 0 Å². The Balaban J connectivity index is 1.58. The molecule has 1 aliphatic carbocycles. The van der Waals surface area contributed by atoms with E-state index in [4.69, 9.17) is 16.3 Å². The maximum atomic E-state index is 12.9. The van der Waals surface area contributed by atoms with Gasteiger partial charge in [0.05, 0.1) is 22.4 Å². The normalized spacial score (nSPS) is 21.6. The molecule has 0 bridgehead atoms. The molecule has 0 saturated carbocycles. The minimum atomic E-state index is -4.71. The number of anilines is 1. The van der Waals surface area contributed by atoms with Gasteiger partial charge in [-0.05, 0) is 38.0 Å². The second kappa shape index (κ2) is 8.70. The van der Waals surface area contributed by atoms with Crippen LogP contribution < -0.4 is 5.32 Å². The van der Waals surface area contributed by atoms with E-state index in [1.807, 2.05) is 12.2 Å². The fourth-order valence-corrected chi connectivity index (χ4v) is 3.73. The van der Waals surface area contributed by atoms with Crippen molar-refractivity contribution < 1.29 is 37.1 Å². The lowest BCUT2D eigenvalue weighted by Gasteiger charge is -2.17. The van der Waals surface area contributed by atoms with Crippen molar-refractivity contribution >= 4 is 41.0 Å². The minimum absolute atomic E-state index is 0.189. The number of esters is 1. The molecule has 7 nitrogen and oxygen atoms in total. The summed E-state index contributed by atoms with van der Waals surface area (Å²) < 4.78 is 43.8. The molecule has 1 N–H and O–H groups in total. The van der Waals surface area contributed by atoms with Gasteiger partial charge in [0.1, 0.15) is 6.54 Å². The fraction of sp³-hybridized carbons (Fsp3) is 0.400. The average molecular weight is 459 g/mol. The molecular weight excluding hydrogens is 441 g/mol. The summed E-state index contributed by atoms with van der Waals surface area (Å²) in [5.74, 6) is -3.80. The molecule has 0 radical (unpaired) electrons. The molecule has 0 unspecified atom stereocenters. The first-order valence-electron chi connectivity index (χ1n) is 9.36. The maximum absolute atomic E-state index is 12.9. The fourth-order valence-electron chi connectivity index (χ4n) is 3.51. The molecule has 3 amide bonds. The van der Waals surface area contributed by atoms with E-state index in [1.165, 1.54) is 13.0 Å². The standard InChI is InChI=1S/C20H18ClF3N2O5/c1-10(17(28)25-11-6-7-15(21)14(8-11)20(22,23)24)31-16(27)9-26-18(29)12-4-2-3-5-13(12)19(26)30/h2-3,6-8,10,12-13H,4-5,9H2,1H3,(H,25,28)/t10-,12-,13+/m1/s1. The number of halogens is 4. The minimum Gasteiger partial charge on any atom is -0.451 e. The van der Waals surface area contributed by atoms with E-state index in [0.29, 0.717) is 18.9 Å². The number of imide groups is 1. The molecule has 11 heteroatoms. The number of carbonyl (C=O) groups is 4. The highest BCUT2D eigenvalue weighted by Gasteiger charge is 2.48. The highest BCUT2D eigenvalue weighted by molar-refractivity contribution is 6.31. The molecule has 1 aromatic carbocycles. The van der Waals surface area contributed by atoms with Crippen molar-refractivity contribution in [3.8, 4) is 0 Å². The predicted octanol–water partition coefficient (Wildman–Crippen LogP) is 3.18. The highest BCUT2D eigenvalue weighted by Crippen LogP contribution is 2.36. The maximum Gasteiger partial charge on any atom is 0.417 e. The number of nitrogens with zero attached hydrogens (tertiary/aromatic N) is 1. The van der Waals surface area contributed by atoms with Crippen LogP contribution in [-0.4, -0.2) is 41.2 Å². The topological polar surface area (TPSA) is 92.8 Å². The van der Waals surface area contributed by atoms with E-state index in [9.17, 15) is 32.3 Å². The van der Waals surface area contributed by atoms with Crippen LogP contribution in [0.4, 0.5) is 18.9 Å². The van der Waals surface area contributed by atoms with Crippen LogP contribution in [-0.2, 0) is 30.1 Å².